The van der Waals surface area contributed by atoms with Crippen LogP contribution >= 0.6 is 0 Å². The highest BCUT2D eigenvalue weighted by atomic mass is 32.2. The fraction of sp³-hybridized carbons (Fsp3) is 0.455. The minimum absolute atomic E-state index is 0.160. The van der Waals surface area contributed by atoms with Gasteiger partial charge in [-0.15, -0.1) is 0 Å². The average Bonchev–Trinajstić information content (AvgIpc) is 2.82. The predicted molar refractivity (Wildman–Crippen MR) is 122 cm³/mol. The lowest BCUT2D eigenvalue weighted by atomic mass is 9.81. The fourth-order valence-electron chi connectivity index (χ4n) is 3.90. The SMILES string of the molecule is COc1ccc(S(=O)(=O)NCC2CCCC(CNS(=O)(=O)c3ccc(OC)cc3)C2)cc1. The summed E-state index contributed by atoms with van der Waals surface area (Å²) in [4.78, 5) is 0.385. The molecule has 3 rings (SSSR count). The number of hydrogen-bond donors (Lipinski definition) is 2. The Morgan fingerprint density at radius 1 is 0.719 bits per heavy atom. The average molecular weight is 483 g/mol. The van der Waals surface area contributed by atoms with Gasteiger partial charge in [0.2, 0.25) is 20.0 Å². The molecule has 2 unspecified atom stereocenters. The third-order valence-electron chi connectivity index (χ3n) is 5.75. The third kappa shape index (κ3) is 6.44. The Labute approximate surface area is 190 Å². The van der Waals surface area contributed by atoms with Gasteiger partial charge in [0.05, 0.1) is 24.0 Å². The molecule has 2 atom stereocenters. The van der Waals surface area contributed by atoms with E-state index in [1.807, 2.05) is 0 Å². The monoisotopic (exact) mass is 482 g/mol. The Morgan fingerprint density at radius 2 is 1.09 bits per heavy atom. The molecular formula is C22H30N2O6S2. The van der Waals surface area contributed by atoms with Crippen LogP contribution in [0, 0.1) is 11.8 Å². The fourth-order valence-corrected chi connectivity index (χ4v) is 6.14. The number of nitrogens with one attached hydrogen (secondary N) is 2. The number of methoxy groups -OCH3 is 2. The van der Waals surface area contributed by atoms with Crippen LogP contribution in [0.4, 0.5) is 0 Å². The molecule has 0 heterocycles. The Morgan fingerprint density at radius 3 is 1.44 bits per heavy atom. The van der Waals surface area contributed by atoms with Gasteiger partial charge >= 0.3 is 0 Å². The molecule has 0 amide bonds. The van der Waals surface area contributed by atoms with Gasteiger partial charge in [-0.25, -0.2) is 26.3 Å². The van der Waals surface area contributed by atoms with Gasteiger partial charge in [0.1, 0.15) is 11.5 Å². The highest BCUT2D eigenvalue weighted by Gasteiger charge is 2.25. The molecule has 0 radical (unpaired) electrons. The highest BCUT2D eigenvalue weighted by Crippen LogP contribution is 2.29. The summed E-state index contributed by atoms with van der Waals surface area (Å²) in [5, 5.41) is 0. The van der Waals surface area contributed by atoms with Gasteiger partial charge in [-0.2, -0.15) is 0 Å². The summed E-state index contributed by atoms with van der Waals surface area (Å²) < 4.78 is 65.8. The van der Waals surface area contributed by atoms with Crippen molar-refractivity contribution in [3.63, 3.8) is 0 Å². The minimum Gasteiger partial charge on any atom is -0.497 e. The van der Waals surface area contributed by atoms with E-state index in [2.05, 4.69) is 9.44 Å². The van der Waals surface area contributed by atoms with Crippen molar-refractivity contribution >= 4 is 20.0 Å². The van der Waals surface area contributed by atoms with Crippen LogP contribution in [0.25, 0.3) is 0 Å². The largest absolute Gasteiger partial charge is 0.497 e. The lowest BCUT2D eigenvalue weighted by Crippen LogP contribution is -2.35. The maximum atomic E-state index is 12.6. The molecule has 1 saturated carbocycles. The van der Waals surface area contributed by atoms with Crippen LogP contribution in [0.5, 0.6) is 11.5 Å². The van der Waals surface area contributed by atoms with E-state index in [1.165, 1.54) is 38.5 Å². The van der Waals surface area contributed by atoms with Crippen LogP contribution in [0.2, 0.25) is 0 Å². The zero-order valence-corrected chi connectivity index (χ0v) is 19.9. The van der Waals surface area contributed by atoms with Gasteiger partial charge < -0.3 is 9.47 Å². The smallest absolute Gasteiger partial charge is 0.240 e. The van der Waals surface area contributed by atoms with Gasteiger partial charge in [0, 0.05) is 13.1 Å². The van der Waals surface area contributed by atoms with Crippen LogP contribution in [0.1, 0.15) is 25.7 Å². The van der Waals surface area contributed by atoms with Crippen molar-refractivity contribution in [1.29, 1.82) is 0 Å². The Bertz CT molecular complexity index is 997. The molecule has 0 bridgehead atoms. The first-order valence-corrected chi connectivity index (χ1v) is 13.5. The summed E-state index contributed by atoms with van der Waals surface area (Å²) in [5.41, 5.74) is 0. The molecule has 0 spiro atoms. The summed E-state index contributed by atoms with van der Waals surface area (Å²) in [6.07, 6.45) is 3.51. The molecule has 32 heavy (non-hydrogen) atoms. The van der Waals surface area contributed by atoms with Gasteiger partial charge in [-0.1, -0.05) is 6.42 Å². The van der Waals surface area contributed by atoms with E-state index in [9.17, 15) is 16.8 Å². The number of rotatable bonds is 10. The Kier molecular flexibility index (Phi) is 8.16. The predicted octanol–water partition coefficient (Wildman–Crippen LogP) is 2.77. The third-order valence-corrected chi connectivity index (χ3v) is 8.63. The molecule has 10 heteroatoms. The van der Waals surface area contributed by atoms with Crippen molar-refractivity contribution in [2.75, 3.05) is 27.3 Å². The first-order valence-electron chi connectivity index (χ1n) is 10.5. The van der Waals surface area contributed by atoms with E-state index < -0.39 is 20.0 Å². The minimum atomic E-state index is -3.61. The lowest BCUT2D eigenvalue weighted by Gasteiger charge is -2.29. The van der Waals surface area contributed by atoms with Crippen LogP contribution in [0.15, 0.2) is 58.3 Å². The lowest BCUT2D eigenvalue weighted by molar-refractivity contribution is 0.268. The number of benzene rings is 2. The molecular weight excluding hydrogens is 452 g/mol. The van der Waals surface area contributed by atoms with Gasteiger partial charge in [-0.3, -0.25) is 0 Å². The molecule has 8 nitrogen and oxygen atoms in total. The second-order valence-corrected chi connectivity index (χ2v) is 11.5. The molecule has 1 aliphatic carbocycles. The number of ether oxygens (including phenoxy) is 2. The quantitative estimate of drug-likeness (QED) is 0.539. The molecule has 0 aliphatic heterocycles. The molecule has 1 aliphatic rings. The standard InChI is InChI=1S/C22H30N2O6S2/c1-29-19-6-10-21(11-7-19)31(25,26)23-15-17-4-3-5-18(14-17)16-24-32(27,28)22-12-8-20(30-2)9-13-22/h6-13,17-18,23-24H,3-5,14-16H2,1-2H3. The van der Waals surface area contributed by atoms with Crippen LogP contribution in [-0.2, 0) is 20.0 Å². The van der Waals surface area contributed by atoms with Crippen molar-refractivity contribution in [2.45, 2.75) is 35.5 Å². The maximum Gasteiger partial charge on any atom is 0.240 e. The van der Waals surface area contributed by atoms with Crippen molar-refractivity contribution < 1.29 is 26.3 Å². The normalized spacial score (nSPS) is 19.4. The van der Waals surface area contributed by atoms with E-state index in [1.54, 1.807) is 24.3 Å². The van der Waals surface area contributed by atoms with Crippen molar-refractivity contribution in [3.8, 4) is 11.5 Å². The van der Waals surface area contributed by atoms with Gasteiger partial charge in [0.25, 0.3) is 0 Å². The number of sulfonamides is 2. The van der Waals surface area contributed by atoms with Crippen molar-refractivity contribution in [1.82, 2.24) is 9.44 Å². The second kappa shape index (κ2) is 10.7. The van der Waals surface area contributed by atoms with Gasteiger partial charge in [-0.05, 0) is 79.6 Å². The second-order valence-electron chi connectivity index (χ2n) is 7.95. The van der Waals surface area contributed by atoms with E-state index in [4.69, 9.17) is 9.47 Å². The summed E-state index contributed by atoms with van der Waals surface area (Å²) >= 11 is 0. The zero-order valence-electron chi connectivity index (χ0n) is 18.3. The Hall–Kier alpha value is -2.14. The highest BCUT2D eigenvalue weighted by molar-refractivity contribution is 7.89. The van der Waals surface area contributed by atoms with Crippen molar-refractivity contribution in [2.24, 2.45) is 11.8 Å². The molecule has 0 saturated heterocycles. The van der Waals surface area contributed by atoms with E-state index in [0.29, 0.717) is 24.6 Å². The summed E-state index contributed by atoms with van der Waals surface area (Å²) in [6, 6.07) is 12.5. The van der Waals surface area contributed by atoms with Crippen LogP contribution in [0.3, 0.4) is 0 Å². The molecule has 2 aromatic rings. The summed E-state index contributed by atoms with van der Waals surface area (Å²) in [7, 11) is -4.16. The van der Waals surface area contributed by atoms with Crippen LogP contribution in [-0.4, -0.2) is 44.1 Å². The molecule has 1 fully saturated rings. The van der Waals surface area contributed by atoms with Crippen molar-refractivity contribution in [3.05, 3.63) is 48.5 Å². The molecule has 2 aromatic carbocycles. The maximum absolute atomic E-state index is 12.6. The molecule has 0 aromatic heterocycles. The first kappa shape index (κ1) is 24.5. The molecule has 176 valence electrons. The zero-order chi connectivity index (χ0) is 23.2. The topological polar surface area (TPSA) is 111 Å². The van der Waals surface area contributed by atoms with E-state index in [-0.39, 0.29) is 21.6 Å². The summed E-state index contributed by atoms with van der Waals surface area (Å²) in [6.45, 7) is 0.659. The first-order chi connectivity index (χ1) is 15.2. The van der Waals surface area contributed by atoms with E-state index >= 15 is 0 Å². The van der Waals surface area contributed by atoms with Crippen LogP contribution < -0.4 is 18.9 Å². The number of hydrogen-bond acceptors (Lipinski definition) is 6. The van der Waals surface area contributed by atoms with E-state index in [0.717, 1.165) is 25.7 Å². The molecule has 2 N–H and O–H groups in total. The van der Waals surface area contributed by atoms with Gasteiger partial charge in [0.15, 0.2) is 0 Å². The Balaban J connectivity index is 1.52. The summed E-state index contributed by atoms with van der Waals surface area (Å²) in [5.74, 6) is 1.51.